The van der Waals surface area contributed by atoms with E-state index in [0.717, 1.165) is 30.9 Å². The molecule has 30 heavy (non-hydrogen) atoms. The zero-order valence-corrected chi connectivity index (χ0v) is 17.3. The van der Waals surface area contributed by atoms with Crippen LogP contribution in [0.5, 0.6) is 0 Å². The number of nitrogens with one attached hydrogen (secondary N) is 2. The highest BCUT2D eigenvalue weighted by Crippen LogP contribution is 2.60. The lowest BCUT2D eigenvalue weighted by molar-refractivity contribution is -0.384. The number of hydrogen-bond acceptors (Lipinski definition) is 5. The van der Waals surface area contributed by atoms with Crippen LogP contribution in [-0.2, 0) is 0 Å². The van der Waals surface area contributed by atoms with Crippen molar-refractivity contribution in [1.29, 1.82) is 0 Å². The Morgan fingerprint density at radius 1 is 1.23 bits per heavy atom. The number of rotatable bonds is 8. The fourth-order valence-corrected chi connectivity index (χ4v) is 5.18. The number of nitro benzene ring substituents is 1. The first-order valence-corrected chi connectivity index (χ1v) is 10.6. The zero-order valence-electron chi connectivity index (χ0n) is 16.6. The second kappa shape index (κ2) is 8.49. The molecule has 2 aromatic carbocycles. The van der Waals surface area contributed by atoms with E-state index >= 15 is 0 Å². The Kier molecular flexibility index (Phi) is 5.95. The van der Waals surface area contributed by atoms with Crippen LogP contribution in [0.2, 0.25) is 5.02 Å². The van der Waals surface area contributed by atoms with Crippen LogP contribution in [0, 0.1) is 33.7 Å². The van der Waals surface area contributed by atoms with Crippen molar-refractivity contribution in [2.24, 2.45) is 17.8 Å². The summed E-state index contributed by atoms with van der Waals surface area (Å²) in [5, 5.41) is 28.9. The Bertz CT molecular complexity index is 914. The van der Waals surface area contributed by atoms with Gasteiger partial charge in [0.05, 0.1) is 4.92 Å². The molecule has 0 radical (unpaired) electrons. The summed E-state index contributed by atoms with van der Waals surface area (Å²) in [4.78, 5) is 10.7. The van der Waals surface area contributed by atoms with Gasteiger partial charge >= 0.3 is 0 Å². The molecule has 0 saturated heterocycles. The smallest absolute Gasteiger partial charge is 0.292 e. The van der Waals surface area contributed by atoms with Crippen molar-refractivity contribution in [1.82, 2.24) is 5.32 Å². The largest absolute Gasteiger partial charge is 0.377 e. The highest BCUT2D eigenvalue weighted by Gasteiger charge is 2.58. The molecule has 0 bridgehead atoms. The number of nitrogens with zero attached hydrogens (tertiary/aromatic N) is 1. The average Bonchev–Trinajstić information content (AvgIpc) is 3.20. The van der Waals surface area contributed by atoms with Crippen molar-refractivity contribution in [3.63, 3.8) is 0 Å². The molecular weight excluding hydrogens is 409 g/mol. The van der Waals surface area contributed by atoms with E-state index in [1.165, 1.54) is 12.1 Å². The molecule has 2 aliphatic rings. The minimum atomic E-state index is -0.752. The summed E-state index contributed by atoms with van der Waals surface area (Å²) in [5.41, 5.74) is 0.917. The molecule has 0 heterocycles. The predicted molar refractivity (Wildman–Crippen MR) is 114 cm³/mol. The summed E-state index contributed by atoms with van der Waals surface area (Å²) in [6, 6.07) is 10.9. The first-order valence-electron chi connectivity index (χ1n) is 10.3. The minimum Gasteiger partial charge on any atom is -0.377 e. The standard InChI is InChI=1S/C22H25ClFN3O3/c1-2-18(26-22(28)12-3-5-13(23)6-4-12)21-16-10-15(11-17(16)21)25-19-9-14(24)7-8-20(19)27(29)30/h3-9,15-18,21-22,25-26,28H,2,10-11H2,1H3/t15?,16-,17+,18?,21?,22?. The number of fused-ring (bicyclic) bond motifs is 1. The maximum atomic E-state index is 13.6. The third kappa shape index (κ3) is 4.29. The zero-order chi connectivity index (χ0) is 21.4. The first-order chi connectivity index (χ1) is 14.4. The molecule has 6 nitrogen and oxygen atoms in total. The number of anilines is 1. The van der Waals surface area contributed by atoms with E-state index in [4.69, 9.17) is 11.6 Å². The Morgan fingerprint density at radius 3 is 2.50 bits per heavy atom. The number of hydrogen-bond donors (Lipinski definition) is 3. The van der Waals surface area contributed by atoms with E-state index in [0.29, 0.717) is 22.8 Å². The van der Waals surface area contributed by atoms with Gasteiger partial charge in [0.25, 0.3) is 5.69 Å². The fourth-order valence-electron chi connectivity index (χ4n) is 5.05. The van der Waals surface area contributed by atoms with E-state index in [2.05, 4.69) is 17.6 Å². The number of aliphatic hydroxyl groups is 1. The van der Waals surface area contributed by atoms with Crippen molar-refractivity contribution in [2.45, 2.75) is 44.5 Å². The van der Waals surface area contributed by atoms with Crippen LogP contribution in [0.25, 0.3) is 0 Å². The summed E-state index contributed by atoms with van der Waals surface area (Å²) >= 11 is 5.92. The van der Waals surface area contributed by atoms with Crippen LogP contribution in [-0.4, -0.2) is 22.1 Å². The molecule has 4 unspecified atom stereocenters. The molecule has 4 rings (SSSR count). The topological polar surface area (TPSA) is 87.4 Å². The van der Waals surface area contributed by atoms with E-state index in [1.807, 2.05) is 12.1 Å². The van der Waals surface area contributed by atoms with Gasteiger partial charge in [-0.25, -0.2) is 4.39 Å². The van der Waals surface area contributed by atoms with Gasteiger partial charge in [0.1, 0.15) is 17.7 Å². The van der Waals surface area contributed by atoms with Crippen LogP contribution in [0.1, 0.15) is 38.0 Å². The van der Waals surface area contributed by atoms with Gasteiger partial charge in [-0.1, -0.05) is 30.7 Å². The number of halogens is 2. The van der Waals surface area contributed by atoms with Gasteiger partial charge in [0.2, 0.25) is 0 Å². The van der Waals surface area contributed by atoms with Crippen LogP contribution in [0.4, 0.5) is 15.8 Å². The lowest BCUT2D eigenvalue weighted by Gasteiger charge is -2.25. The van der Waals surface area contributed by atoms with Gasteiger partial charge in [0, 0.05) is 29.2 Å². The summed E-state index contributed by atoms with van der Waals surface area (Å²) in [6.45, 7) is 2.10. The molecule has 2 saturated carbocycles. The molecule has 0 aromatic heterocycles. The Morgan fingerprint density at radius 2 is 1.90 bits per heavy atom. The van der Waals surface area contributed by atoms with E-state index < -0.39 is 17.0 Å². The number of benzene rings is 2. The average molecular weight is 434 g/mol. The molecule has 6 atom stereocenters. The molecule has 8 heteroatoms. The molecule has 0 aliphatic heterocycles. The normalized spacial score (nSPS) is 26.7. The molecule has 2 aliphatic carbocycles. The maximum Gasteiger partial charge on any atom is 0.292 e. The lowest BCUT2D eigenvalue weighted by Crippen LogP contribution is -2.36. The summed E-state index contributed by atoms with van der Waals surface area (Å²) in [7, 11) is 0. The second-order valence-corrected chi connectivity index (χ2v) is 8.71. The van der Waals surface area contributed by atoms with Crippen LogP contribution in [0.15, 0.2) is 42.5 Å². The predicted octanol–water partition coefficient (Wildman–Crippen LogP) is 4.88. The van der Waals surface area contributed by atoms with Gasteiger partial charge in [-0.2, -0.15) is 0 Å². The highest BCUT2D eigenvalue weighted by atomic mass is 35.5. The van der Waals surface area contributed by atoms with Crippen LogP contribution >= 0.6 is 11.6 Å². The van der Waals surface area contributed by atoms with Crippen molar-refractivity contribution < 1.29 is 14.4 Å². The molecule has 0 amide bonds. The van der Waals surface area contributed by atoms with Gasteiger partial charge in [-0.15, -0.1) is 0 Å². The summed E-state index contributed by atoms with van der Waals surface area (Å²) in [5.74, 6) is 0.989. The summed E-state index contributed by atoms with van der Waals surface area (Å²) < 4.78 is 13.6. The maximum absolute atomic E-state index is 13.6. The molecule has 2 aromatic rings. The SMILES string of the molecule is CCC(NC(O)c1ccc(Cl)cc1)C1[C@H]2CC(Nc3cc(F)ccc3[N+](=O)[O-])C[C@@H]12. The number of nitro groups is 1. The molecule has 0 spiro atoms. The fraction of sp³-hybridized carbons (Fsp3) is 0.455. The van der Waals surface area contributed by atoms with E-state index in [-0.39, 0.29) is 23.5 Å². The summed E-state index contributed by atoms with van der Waals surface area (Å²) in [6.07, 6.45) is 1.92. The van der Waals surface area contributed by atoms with E-state index in [1.54, 1.807) is 12.1 Å². The van der Waals surface area contributed by atoms with Crippen LogP contribution in [0.3, 0.4) is 0 Å². The van der Waals surface area contributed by atoms with Gasteiger partial charge in [-0.3, -0.25) is 15.4 Å². The van der Waals surface area contributed by atoms with Crippen LogP contribution < -0.4 is 10.6 Å². The first kappa shape index (κ1) is 21.0. The molecule has 2 fully saturated rings. The molecule has 160 valence electrons. The highest BCUT2D eigenvalue weighted by molar-refractivity contribution is 6.30. The third-order valence-electron chi connectivity index (χ3n) is 6.49. The quantitative estimate of drug-likeness (QED) is 0.313. The van der Waals surface area contributed by atoms with Gasteiger partial charge in [0.15, 0.2) is 0 Å². The minimum absolute atomic E-state index is 0.0930. The Labute approximate surface area is 179 Å². The Hall–Kier alpha value is -2.22. The van der Waals surface area contributed by atoms with Gasteiger partial charge < -0.3 is 10.4 Å². The van der Waals surface area contributed by atoms with Crippen molar-refractivity contribution in [3.05, 3.63) is 69.0 Å². The van der Waals surface area contributed by atoms with E-state index in [9.17, 15) is 19.6 Å². The van der Waals surface area contributed by atoms with Gasteiger partial charge in [-0.05, 0) is 60.8 Å². The van der Waals surface area contributed by atoms with Crippen molar-refractivity contribution in [2.75, 3.05) is 5.32 Å². The second-order valence-electron chi connectivity index (χ2n) is 8.27. The molecule has 3 N–H and O–H groups in total. The molecular formula is C22H25ClFN3O3. The monoisotopic (exact) mass is 433 g/mol. The Balaban J connectivity index is 1.35. The van der Waals surface area contributed by atoms with Crippen molar-refractivity contribution >= 4 is 23.0 Å². The lowest BCUT2D eigenvalue weighted by atomic mass is 9.98. The third-order valence-corrected chi connectivity index (χ3v) is 6.74. The number of aliphatic hydroxyl groups excluding tert-OH is 1. The van der Waals surface area contributed by atoms with Crippen molar-refractivity contribution in [3.8, 4) is 0 Å².